The molecule has 90 valence electrons. The maximum Gasteiger partial charge on any atom is 0.146 e. The monoisotopic (exact) mass is 250 g/mol. The Hall–Kier alpha value is -1.39. The fourth-order valence-electron chi connectivity index (χ4n) is 1.65. The molecule has 1 aromatic heterocycles. The van der Waals surface area contributed by atoms with Crippen LogP contribution < -0.4 is 11.1 Å². The van der Waals surface area contributed by atoms with Gasteiger partial charge in [0.05, 0.1) is 11.7 Å². The van der Waals surface area contributed by atoms with Gasteiger partial charge in [-0.3, -0.25) is 0 Å². The first-order valence-electron chi connectivity index (χ1n) is 5.48. The Balaban J connectivity index is 2.18. The Morgan fingerprint density at radius 2 is 2.06 bits per heavy atom. The molecule has 1 aromatic carbocycles. The number of para-hydroxylation sites is 1. The first-order valence-corrected chi connectivity index (χ1v) is 6.30. The number of nitrogens with two attached hydrogens (primary N) is 1. The first-order chi connectivity index (χ1) is 8.20. The SMILES string of the molecule is Cc1ccc(C(CN)Nc2ccccc2F)s1. The van der Waals surface area contributed by atoms with Crippen molar-refractivity contribution in [3.05, 3.63) is 52.0 Å². The predicted octanol–water partition coefficient (Wildman–Crippen LogP) is 3.31. The largest absolute Gasteiger partial charge is 0.374 e. The van der Waals surface area contributed by atoms with Crippen LogP contribution in [0.25, 0.3) is 0 Å². The summed E-state index contributed by atoms with van der Waals surface area (Å²) < 4.78 is 13.5. The second kappa shape index (κ2) is 5.29. The molecule has 17 heavy (non-hydrogen) atoms. The summed E-state index contributed by atoms with van der Waals surface area (Å²) in [6.45, 7) is 2.49. The van der Waals surface area contributed by atoms with Crippen molar-refractivity contribution < 1.29 is 4.39 Å². The Kier molecular flexibility index (Phi) is 3.76. The van der Waals surface area contributed by atoms with Crippen molar-refractivity contribution in [1.29, 1.82) is 0 Å². The van der Waals surface area contributed by atoms with Gasteiger partial charge in [-0.05, 0) is 31.2 Å². The Morgan fingerprint density at radius 1 is 1.29 bits per heavy atom. The zero-order valence-corrected chi connectivity index (χ0v) is 10.4. The van der Waals surface area contributed by atoms with E-state index >= 15 is 0 Å². The second-order valence-corrected chi connectivity index (χ2v) is 5.18. The van der Waals surface area contributed by atoms with Crippen molar-refractivity contribution in [2.75, 3.05) is 11.9 Å². The van der Waals surface area contributed by atoms with Gasteiger partial charge in [-0.25, -0.2) is 4.39 Å². The van der Waals surface area contributed by atoms with Gasteiger partial charge in [-0.1, -0.05) is 12.1 Å². The standard InChI is InChI=1S/C13H15FN2S/c1-9-6-7-13(17-9)12(8-15)16-11-5-3-2-4-10(11)14/h2-7,12,16H,8,15H2,1H3. The van der Waals surface area contributed by atoms with Crippen molar-refractivity contribution in [2.24, 2.45) is 5.73 Å². The van der Waals surface area contributed by atoms with Crippen LogP contribution in [0.15, 0.2) is 36.4 Å². The van der Waals surface area contributed by atoms with E-state index in [-0.39, 0.29) is 11.9 Å². The fraction of sp³-hybridized carbons (Fsp3) is 0.231. The molecule has 2 nitrogen and oxygen atoms in total. The van der Waals surface area contributed by atoms with E-state index in [0.29, 0.717) is 12.2 Å². The number of rotatable bonds is 4. The maximum absolute atomic E-state index is 13.5. The number of benzene rings is 1. The molecule has 1 heterocycles. The minimum absolute atomic E-state index is 0.0365. The summed E-state index contributed by atoms with van der Waals surface area (Å²) in [7, 11) is 0. The van der Waals surface area contributed by atoms with E-state index in [2.05, 4.69) is 5.32 Å². The van der Waals surface area contributed by atoms with Crippen LogP contribution in [0.4, 0.5) is 10.1 Å². The second-order valence-electron chi connectivity index (χ2n) is 3.86. The van der Waals surface area contributed by atoms with Gasteiger partial charge in [-0.2, -0.15) is 0 Å². The third-order valence-corrected chi connectivity index (χ3v) is 3.66. The molecule has 0 aliphatic rings. The van der Waals surface area contributed by atoms with Crippen LogP contribution in [-0.2, 0) is 0 Å². The zero-order valence-electron chi connectivity index (χ0n) is 9.61. The normalized spacial score (nSPS) is 12.4. The highest BCUT2D eigenvalue weighted by Gasteiger charge is 2.13. The molecule has 0 spiro atoms. The predicted molar refractivity (Wildman–Crippen MR) is 70.9 cm³/mol. The average Bonchev–Trinajstić information content (AvgIpc) is 2.75. The Morgan fingerprint density at radius 3 is 2.65 bits per heavy atom. The molecule has 3 N–H and O–H groups in total. The van der Waals surface area contributed by atoms with Crippen molar-refractivity contribution in [1.82, 2.24) is 0 Å². The molecule has 0 aliphatic heterocycles. The highest BCUT2D eigenvalue weighted by molar-refractivity contribution is 7.12. The Labute approximate surface area is 104 Å². The summed E-state index contributed by atoms with van der Waals surface area (Å²) in [5.74, 6) is -0.251. The van der Waals surface area contributed by atoms with Crippen LogP contribution in [-0.4, -0.2) is 6.54 Å². The minimum atomic E-state index is -0.251. The van der Waals surface area contributed by atoms with E-state index in [1.807, 2.05) is 19.1 Å². The number of hydrogen-bond acceptors (Lipinski definition) is 3. The third kappa shape index (κ3) is 2.84. The minimum Gasteiger partial charge on any atom is -0.374 e. The number of thiophene rings is 1. The lowest BCUT2D eigenvalue weighted by Gasteiger charge is -2.17. The summed E-state index contributed by atoms with van der Waals surface area (Å²) in [6.07, 6.45) is 0. The lowest BCUT2D eigenvalue weighted by molar-refractivity contribution is 0.626. The lowest BCUT2D eigenvalue weighted by Crippen LogP contribution is -2.20. The van der Waals surface area contributed by atoms with Gasteiger partial charge < -0.3 is 11.1 Å². The van der Waals surface area contributed by atoms with Gasteiger partial charge in [0.25, 0.3) is 0 Å². The van der Waals surface area contributed by atoms with E-state index in [4.69, 9.17) is 5.73 Å². The molecule has 1 unspecified atom stereocenters. The molecule has 0 fully saturated rings. The van der Waals surface area contributed by atoms with Crippen molar-refractivity contribution >= 4 is 17.0 Å². The fourth-order valence-corrected chi connectivity index (χ4v) is 2.59. The van der Waals surface area contributed by atoms with Gasteiger partial charge in [0.2, 0.25) is 0 Å². The molecule has 0 saturated heterocycles. The quantitative estimate of drug-likeness (QED) is 0.873. The van der Waals surface area contributed by atoms with Crippen LogP contribution in [0.3, 0.4) is 0 Å². The average molecular weight is 250 g/mol. The molecule has 4 heteroatoms. The molecular weight excluding hydrogens is 235 g/mol. The molecule has 0 bridgehead atoms. The van der Waals surface area contributed by atoms with Gasteiger partial charge in [-0.15, -0.1) is 11.3 Å². The molecule has 0 saturated carbocycles. The molecule has 2 rings (SSSR count). The summed E-state index contributed by atoms with van der Waals surface area (Å²) >= 11 is 1.68. The summed E-state index contributed by atoms with van der Waals surface area (Å²) in [6, 6.07) is 10.7. The van der Waals surface area contributed by atoms with Crippen LogP contribution in [0.2, 0.25) is 0 Å². The number of halogens is 1. The molecule has 2 aromatic rings. The van der Waals surface area contributed by atoms with Crippen LogP contribution in [0.1, 0.15) is 15.8 Å². The van der Waals surface area contributed by atoms with E-state index in [0.717, 1.165) is 4.88 Å². The van der Waals surface area contributed by atoms with Gasteiger partial charge in [0, 0.05) is 16.3 Å². The van der Waals surface area contributed by atoms with Crippen molar-refractivity contribution in [3.63, 3.8) is 0 Å². The van der Waals surface area contributed by atoms with E-state index in [1.54, 1.807) is 29.5 Å². The highest BCUT2D eigenvalue weighted by atomic mass is 32.1. The van der Waals surface area contributed by atoms with Crippen LogP contribution >= 0.6 is 11.3 Å². The van der Waals surface area contributed by atoms with Gasteiger partial charge >= 0.3 is 0 Å². The first kappa shape index (κ1) is 12.1. The summed E-state index contributed by atoms with van der Waals surface area (Å²) in [5, 5.41) is 3.14. The summed E-state index contributed by atoms with van der Waals surface area (Å²) in [5.41, 5.74) is 6.23. The molecule has 0 amide bonds. The van der Waals surface area contributed by atoms with Crippen LogP contribution in [0.5, 0.6) is 0 Å². The Bertz CT molecular complexity index is 496. The highest BCUT2D eigenvalue weighted by Crippen LogP contribution is 2.26. The zero-order chi connectivity index (χ0) is 12.3. The number of aryl methyl sites for hydroxylation is 1. The number of anilines is 1. The molecule has 0 aliphatic carbocycles. The van der Waals surface area contributed by atoms with Crippen molar-refractivity contribution in [2.45, 2.75) is 13.0 Å². The smallest absolute Gasteiger partial charge is 0.146 e. The lowest BCUT2D eigenvalue weighted by atomic mass is 10.2. The molecule has 1 atom stereocenters. The maximum atomic E-state index is 13.5. The van der Waals surface area contributed by atoms with Gasteiger partial charge in [0.1, 0.15) is 5.82 Å². The molecule has 0 radical (unpaired) electrons. The number of hydrogen-bond donors (Lipinski definition) is 2. The van der Waals surface area contributed by atoms with E-state index in [1.165, 1.54) is 10.9 Å². The summed E-state index contributed by atoms with van der Waals surface area (Å²) in [4.78, 5) is 2.36. The van der Waals surface area contributed by atoms with Crippen LogP contribution in [0, 0.1) is 12.7 Å². The number of nitrogens with one attached hydrogen (secondary N) is 1. The molecular formula is C13H15FN2S. The third-order valence-electron chi connectivity index (χ3n) is 2.54. The van der Waals surface area contributed by atoms with Gasteiger partial charge in [0.15, 0.2) is 0 Å². The van der Waals surface area contributed by atoms with E-state index < -0.39 is 0 Å². The van der Waals surface area contributed by atoms with Crippen molar-refractivity contribution in [3.8, 4) is 0 Å². The topological polar surface area (TPSA) is 38.0 Å². The van der Waals surface area contributed by atoms with E-state index in [9.17, 15) is 4.39 Å².